The van der Waals surface area contributed by atoms with Gasteiger partial charge in [-0.15, -0.1) is 0 Å². The Morgan fingerprint density at radius 3 is 2.58 bits per heavy atom. The quantitative estimate of drug-likeness (QED) is 0.880. The number of pyridine rings is 1. The molecule has 0 amide bonds. The van der Waals surface area contributed by atoms with Crippen molar-refractivity contribution >= 4 is 0 Å². The van der Waals surface area contributed by atoms with Crippen molar-refractivity contribution in [2.24, 2.45) is 0 Å². The lowest BCUT2D eigenvalue weighted by Gasteiger charge is -2.08. The van der Waals surface area contributed by atoms with Gasteiger partial charge in [-0.3, -0.25) is 4.98 Å². The molecule has 3 rings (SSSR count). The van der Waals surface area contributed by atoms with Crippen LogP contribution in [0.1, 0.15) is 41.0 Å². The minimum atomic E-state index is 0.847. The van der Waals surface area contributed by atoms with Crippen LogP contribution in [0.25, 0.3) is 0 Å². The van der Waals surface area contributed by atoms with Crippen molar-refractivity contribution in [1.29, 1.82) is 0 Å². The van der Waals surface area contributed by atoms with Crippen LogP contribution in [0.2, 0.25) is 0 Å². The standard InChI is InChI=1S/C17H20N2/c1-13-8-9-18-11-17(13)12-19-10-14-2-4-15(5-3-14)16-6-7-16/h2-5,8-9,11,16,19H,6-7,10,12H2,1H3. The fourth-order valence-electron chi connectivity index (χ4n) is 2.35. The summed E-state index contributed by atoms with van der Waals surface area (Å²) in [6, 6.07) is 11.1. The lowest BCUT2D eigenvalue weighted by molar-refractivity contribution is 0.688. The third-order valence-electron chi connectivity index (χ3n) is 3.82. The van der Waals surface area contributed by atoms with Crippen LogP contribution in [0.4, 0.5) is 0 Å². The van der Waals surface area contributed by atoms with Crippen molar-refractivity contribution in [3.05, 3.63) is 65.0 Å². The van der Waals surface area contributed by atoms with E-state index in [0.717, 1.165) is 19.0 Å². The second kappa shape index (κ2) is 5.54. The van der Waals surface area contributed by atoms with Gasteiger partial charge in [0.1, 0.15) is 0 Å². The van der Waals surface area contributed by atoms with Crippen molar-refractivity contribution < 1.29 is 0 Å². The van der Waals surface area contributed by atoms with Gasteiger partial charge >= 0.3 is 0 Å². The maximum Gasteiger partial charge on any atom is 0.0315 e. The predicted octanol–water partition coefficient (Wildman–Crippen LogP) is 3.56. The smallest absolute Gasteiger partial charge is 0.0315 e. The minimum Gasteiger partial charge on any atom is -0.309 e. The summed E-state index contributed by atoms with van der Waals surface area (Å²) in [5, 5.41) is 3.48. The molecule has 0 radical (unpaired) electrons. The number of aromatic nitrogens is 1. The van der Waals surface area contributed by atoms with Gasteiger partial charge in [0.15, 0.2) is 0 Å². The Morgan fingerprint density at radius 1 is 1.11 bits per heavy atom. The molecule has 0 unspecified atom stereocenters. The van der Waals surface area contributed by atoms with E-state index in [1.165, 1.54) is 35.1 Å². The highest BCUT2D eigenvalue weighted by molar-refractivity contribution is 5.28. The van der Waals surface area contributed by atoms with Crippen molar-refractivity contribution in [3.63, 3.8) is 0 Å². The first-order valence-corrected chi connectivity index (χ1v) is 7.02. The van der Waals surface area contributed by atoms with E-state index in [2.05, 4.69) is 47.6 Å². The van der Waals surface area contributed by atoms with Crippen LogP contribution in [0.3, 0.4) is 0 Å². The predicted molar refractivity (Wildman–Crippen MR) is 77.9 cm³/mol. The molecule has 0 bridgehead atoms. The summed E-state index contributed by atoms with van der Waals surface area (Å²) in [6.07, 6.45) is 6.53. The molecule has 1 fully saturated rings. The number of nitrogens with zero attached hydrogens (tertiary/aromatic N) is 1. The van der Waals surface area contributed by atoms with Crippen LogP contribution >= 0.6 is 0 Å². The fourth-order valence-corrected chi connectivity index (χ4v) is 2.35. The first-order chi connectivity index (χ1) is 9.33. The Morgan fingerprint density at radius 2 is 1.89 bits per heavy atom. The molecule has 1 saturated carbocycles. The van der Waals surface area contributed by atoms with Crippen molar-refractivity contribution in [1.82, 2.24) is 10.3 Å². The van der Waals surface area contributed by atoms with Gasteiger partial charge in [-0.2, -0.15) is 0 Å². The molecule has 1 aliphatic carbocycles. The highest BCUT2D eigenvalue weighted by Crippen LogP contribution is 2.39. The molecule has 19 heavy (non-hydrogen) atoms. The molecule has 0 atom stereocenters. The Balaban J connectivity index is 1.53. The SMILES string of the molecule is Cc1ccncc1CNCc1ccc(C2CC2)cc1. The summed E-state index contributed by atoms with van der Waals surface area (Å²) in [5.41, 5.74) is 5.43. The second-order valence-electron chi connectivity index (χ2n) is 5.42. The van der Waals surface area contributed by atoms with Crippen LogP contribution in [0, 0.1) is 6.92 Å². The second-order valence-corrected chi connectivity index (χ2v) is 5.42. The average Bonchev–Trinajstić information content (AvgIpc) is 3.26. The Bertz CT molecular complexity index is 541. The third kappa shape index (κ3) is 3.21. The van der Waals surface area contributed by atoms with Gasteiger partial charge in [0.2, 0.25) is 0 Å². The summed E-state index contributed by atoms with van der Waals surface area (Å²) >= 11 is 0. The van der Waals surface area contributed by atoms with E-state index in [-0.39, 0.29) is 0 Å². The summed E-state index contributed by atoms with van der Waals surface area (Å²) < 4.78 is 0. The van der Waals surface area contributed by atoms with Crippen LogP contribution in [0.15, 0.2) is 42.7 Å². The molecular formula is C17H20N2. The number of hydrogen-bond donors (Lipinski definition) is 1. The Kier molecular flexibility index (Phi) is 3.60. The maximum atomic E-state index is 4.17. The number of benzene rings is 1. The average molecular weight is 252 g/mol. The topological polar surface area (TPSA) is 24.9 Å². The van der Waals surface area contributed by atoms with E-state index in [4.69, 9.17) is 0 Å². The molecule has 1 aromatic heterocycles. The Hall–Kier alpha value is -1.67. The molecular weight excluding hydrogens is 232 g/mol. The first-order valence-electron chi connectivity index (χ1n) is 7.02. The van der Waals surface area contributed by atoms with Gasteiger partial charge < -0.3 is 5.32 Å². The molecule has 2 nitrogen and oxygen atoms in total. The van der Waals surface area contributed by atoms with E-state index in [0.29, 0.717) is 0 Å². The van der Waals surface area contributed by atoms with Gasteiger partial charge in [0.05, 0.1) is 0 Å². The normalized spacial score (nSPS) is 14.6. The van der Waals surface area contributed by atoms with Crippen LogP contribution in [0.5, 0.6) is 0 Å². The molecule has 1 aromatic carbocycles. The first kappa shape index (κ1) is 12.4. The minimum absolute atomic E-state index is 0.847. The third-order valence-corrected chi connectivity index (χ3v) is 3.82. The summed E-state index contributed by atoms with van der Waals surface area (Å²) in [4.78, 5) is 4.17. The van der Waals surface area contributed by atoms with Gasteiger partial charge in [0.25, 0.3) is 0 Å². The molecule has 0 saturated heterocycles. The van der Waals surface area contributed by atoms with Crippen LogP contribution in [-0.2, 0) is 13.1 Å². The molecule has 2 heteroatoms. The largest absolute Gasteiger partial charge is 0.309 e. The van der Waals surface area contributed by atoms with Crippen LogP contribution < -0.4 is 5.32 Å². The summed E-state index contributed by atoms with van der Waals surface area (Å²) in [5.74, 6) is 0.847. The van der Waals surface area contributed by atoms with Crippen molar-refractivity contribution in [3.8, 4) is 0 Å². The molecule has 0 spiro atoms. The van der Waals surface area contributed by atoms with E-state index >= 15 is 0 Å². The number of hydrogen-bond acceptors (Lipinski definition) is 2. The van der Waals surface area contributed by atoms with Gasteiger partial charge in [-0.25, -0.2) is 0 Å². The molecule has 1 heterocycles. The zero-order valence-electron chi connectivity index (χ0n) is 11.4. The van der Waals surface area contributed by atoms with E-state index in [1.54, 1.807) is 0 Å². The Labute approximate surface area is 114 Å². The highest BCUT2D eigenvalue weighted by atomic mass is 14.9. The number of nitrogens with one attached hydrogen (secondary N) is 1. The van der Waals surface area contributed by atoms with E-state index < -0.39 is 0 Å². The number of rotatable bonds is 5. The molecule has 2 aromatic rings. The van der Waals surface area contributed by atoms with Gasteiger partial charge in [0, 0.05) is 25.5 Å². The monoisotopic (exact) mass is 252 g/mol. The van der Waals surface area contributed by atoms with Gasteiger partial charge in [-0.05, 0) is 54.0 Å². The zero-order chi connectivity index (χ0) is 13.1. The lowest BCUT2D eigenvalue weighted by Crippen LogP contribution is -2.13. The fraction of sp³-hybridized carbons (Fsp3) is 0.353. The van der Waals surface area contributed by atoms with Crippen LogP contribution in [-0.4, -0.2) is 4.98 Å². The lowest BCUT2D eigenvalue weighted by atomic mass is 10.1. The molecule has 1 aliphatic rings. The number of aryl methyl sites for hydroxylation is 1. The molecule has 98 valence electrons. The van der Waals surface area contributed by atoms with E-state index in [1.807, 2.05) is 12.4 Å². The summed E-state index contributed by atoms with van der Waals surface area (Å²) in [7, 11) is 0. The zero-order valence-corrected chi connectivity index (χ0v) is 11.4. The summed E-state index contributed by atoms with van der Waals surface area (Å²) in [6.45, 7) is 3.92. The van der Waals surface area contributed by atoms with E-state index in [9.17, 15) is 0 Å². The maximum absolute atomic E-state index is 4.17. The molecule has 0 aliphatic heterocycles. The highest BCUT2D eigenvalue weighted by Gasteiger charge is 2.22. The molecule has 1 N–H and O–H groups in total. The van der Waals surface area contributed by atoms with Gasteiger partial charge in [-0.1, -0.05) is 24.3 Å². The van der Waals surface area contributed by atoms with Crippen molar-refractivity contribution in [2.45, 2.75) is 38.8 Å². The van der Waals surface area contributed by atoms with Crippen molar-refractivity contribution in [2.75, 3.05) is 0 Å².